The fourth-order valence-corrected chi connectivity index (χ4v) is 3.64. The van der Waals surface area contributed by atoms with Crippen molar-refractivity contribution in [3.8, 4) is 5.75 Å². The van der Waals surface area contributed by atoms with E-state index in [0.717, 1.165) is 38.7 Å². The summed E-state index contributed by atoms with van der Waals surface area (Å²) >= 11 is 0. The van der Waals surface area contributed by atoms with Gasteiger partial charge in [-0.2, -0.15) is 0 Å². The van der Waals surface area contributed by atoms with Crippen LogP contribution in [-0.4, -0.2) is 72.4 Å². The maximum atomic E-state index is 12.5. The first-order valence-corrected chi connectivity index (χ1v) is 9.30. The molecule has 1 aromatic rings. The number of ether oxygens (including phenoxy) is 1. The summed E-state index contributed by atoms with van der Waals surface area (Å²) < 4.78 is 40.5. The van der Waals surface area contributed by atoms with Crippen LogP contribution in [0.3, 0.4) is 0 Å². The van der Waals surface area contributed by atoms with Gasteiger partial charge in [-0.1, -0.05) is 0 Å². The van der Waals surface area contributed by atoms with Gasteiger partial charge in [0, 0.05) is 38.8 Å². The lowest BCUT2D eigenvalue weighted by Gasteiger charge is -2.38. The van der Waals surface area contributed by atoms with E-state index in [9.17, 15) is 18.0 Å². The van der Waals surface area contributed by atoms with E-state index >= 15 is 0 Å². The Labute approximate surface area is 156 Å². The number of aromatic nitrogens is 1. The van der Waals surface area contributed by atoms with Crippen LogP contribution in [0.2, 0.25) is 0 Å². The van der Waals surface area contributed by atoms with Gasteiger partial charge in [0.15, 0.2) is 0 Å². The normalized spacial score (nSPS) is 22.0. The minimum atomic E-state index is -4.72. The number of piperidine rings is 1. The molecule has 3 heterocycles. The number of likely N-dealkylation sites (tertiary alicyclic amines) is 1. The molecular weight excluding hydrogens is 361 g/mol. The van der Waals surface area contributed by atoms with Crippen LogP contribution < -0.4 is 9.64 Å². The van der Waals surface area contributed by atoms with Crippen LogP contribution in [0, 0.1) is 0 Å². The average Bonchev–Trinajstić information content (AvgIpc) is 2.62. The Morgan fingerprint density at radius 3 is 2.52 bits per heavy atom. The summed E-state index contributed by atoms with van der Waals surface area (Å²) in [5, 5.41) is 0. The topological polar surface area (TPSA) is 48.9 Å². The van der Waals surface area contributed by atoms with E-state index in [-0.39, 0.29) is 11.7 Å². The number of amides is 1. The van der Waals surface area contributed by atoms with Crippen LogP contribution in [0.15, 0.2) is 18.3 Å². The molecule has 2 aliphatic rings. The number of halogens is 3. The summed E-state index contributed by atoms with van der Waals surface area (Å²) in [6, 6.07) is 3.11. The summed E-state index contributed by atoms with van der Waals surface area (Å²) in [4.78, 5) is 22.7. The van der Waals surface area contributed by atoms with E-state index in [1.165, 1.54) is 18.6 Å². The van der Waals surface area contributed by atoms with Gasteiger partial charge >= 0.3 is 6.36 Å². The Hall–Kier alpha value is -2.03. The number of anilines is 1. The SMILES string of the molecule is CC1CCCCN1C(=O)CN1CCN(c2ccc(OC(F)(F)F)cn2)CC1. The van der Waals surface area contributed by atoms with Gasteiger partial charge in [-0.25, -0.2) is 4.98 Å². The number of carbonyl (C=O) groups excluding carboxylic acids is 1. The Morgan fingerprint density at radius 2 is 1.93 bits per heavy atom. The lowest BCUT2D eigenvalue weighted by atomic mass is 10.0. The number of hydrogen-bond acceptors (Lipinski definition) is 5. The van der Waals surface area contributed by atoms with E-state index in [2.05, 4.69) is 21.5 Å². The van der Waals surface area contributed by atoms with Crippen molar-refractivity contribution in [1.29, 1.82) is 0 Å². The maximum absolute atomic E-state index is 12.5. The van der Waals surface area contributed by atoms with E-state index in [4.69, 9.17) is 0 Å². The summed E-state index contributed by atoms with van der Waals surface area (Å²) in [7, 11) is 0. The average molecular weight is 386 g/mol. The van der Waals surface area contributed by atoms with Gasteiger partial charge in [0.25, 0.3) is 0 Å². The predicted octanol–water partition coefficient (Wildman–Crippen LogP) is 2.50. The Kier molecular flexibility index (Phi) is 6.08. The van der Waals surface area contributed by atoms with E-state index < -0.39 is 6.36 Å². The first-order valence-electron chi connectivity index (χ1n) is 9.30. The van der Waals surface area contributed by atoms with Crippen molar-refractivity contribution >= 4 is 11.7 Å². The number of hydrogen-bond donors (Lipinski definition) is 0. The molecule has 1 aromatic heterocycles. The summed E-state index contributed by atoms with van der Waals surface area (Å²) in [5.74, 6) is 0.466. The van der Waals surface area contributed by atoms with E-state index in [1.807, 2.05) is 9.80 Å². The molecule has 0 radical (unpaired) electrons. The minimum absolute atomic E-state index is 0.183. The highest BCUT2D eigenvalue weighted by molar-refractivity contribution is 5.78. The quantitative estimate of drug-likeness (QED) is 0.796. The van der Waals surface area contributed by atoms with Crippen LogP contribution in [0.1, 0.15) is 26.2 Å². The minimum Gasteiger partial charge on any atom is -0.404 e. The Bertz CT molecular complexity index is 630. The highest BCUT2D eigenvalue weighted by atomic mass is 19.4. The molecule has 150 valence electrons. The fourth-order valence-electron chi connectivity index (χ4n) is 3.64. The molecule has 0 bridgehead atoms. The van der Waals surface area contributed by atoms with Crippen LogP contribution in [-0.2, 0) is 4.79 Å². The molecule has 2 aliphatic heterocycles. The second-order valence-corrected chi connectivity index (χ2v) is 7.10. The third-order valence-corrected chi connectivity index (χ3v) is 5.13. The summed E-state index contributed by atoms with van der Waals surface area (Å²) in [5.41, 5.74) is 0. The van der Waals surface area contributed by atoms with E-state index in [0.29, 0.717) is 31.5 Å². The maximum Gasteiger partial charge on any atom is 0.573 e. The molecule has 1 atom stereocenters. The summed E-state index contributed by atoms with van der Waals surface area (Å²) in [6.45, 7) is 6.16. The van der Waals surface area contributed by atoms with Gasteiger partial charge in [-0.3, -0.25) is 9.69 Å². The second-order valence-electron chi connectivity index (χ2n) is 7.10. The van der Waals surface area contributed by atoms with E-state index in [1.54, 1.807) is 0 Å². The Morgan fingerprint density at radius 1 is 1.19 bits per heavy atom. The highest BCUT2D eigenvalue weighted by Gasteiger charge is 2.31. The zero-order valence-electron chi connectivity index (χ0n) is 15.4. The van der Waals surface area contributed by atoms with Gasteiger partial charge in [0.05, 0.1) is 12.7 Å². The van der Waals surface area contributed by atoms with Crippen molar-refractivity contribution in [2.24, 2.45) is 0 Å². The number of alkyl halides is 3. The van der Waals surface area contributed by atoms with Crippen LogP contribution in [0.4, 0.5) is 19.0 Å². The van der Waals surface area contributed by atoms with Gasteiger partial charge < -0.3 is 14.5 Å². The number of rotatable bonds is 4. The second kappa shape index (κ2) is 8.33. The smallest absolute Gasteiger partial charge is 0.404 e. The largest absolute Gasteiger partial charge is 0.573 e. The third kappa shape index (κ3) is 5.47. The first kappa shape index (κ1) is 19.7. The molecule has 2 fully saturated rings. The Balaban J connectivity index is 1.48. The standard InChI is InChI=1S/C18H25F3N4O2/c1-14-4-2-3-7-25(14)17(26)13-23-8-10-24(11-9-23)16-6-5-15(12-22-16)27-18(19,20)21/h5-6,12,14H,2-4,7-11,13H2,1H3. The van der Waals surface area contributed by atoms with Crippen LogP contribution in [0.25, 0.3) is 0 Å². The van der Waals surface area contributed by atoms with Crippen molar-refractivity contribution in [3.05, 3.63) is 18.3 Å². The molecule has 1 amide bonds. The van der Waals surface area contributed by atoms with Crippen molar-refractivity contribution in [3.63, 3.8) is 0 Å². The molecule has 0 spiro atoms. The zero-order chi connectivity index (χ0) is 19.4. The number of pyridine rings is 1. The molecule has 0 aliphatic carbocycles. The van der Waals surface area contributed by atoms with Crippen molar-refractivity contribution in [2.75, 3.05) is 44.2 Å². The third-order valence-electron chi connectivity index (χ3n) is 5.13. The predicted molar refractivity (Wildman–Crippen MR) is 94.6 cm³/mol. The van der Waals surface area contributed by atoms with Gasteiger partial charge in [0.1, 0.15) is 11.6 Å². The molecule has 0 saturated carbocycles. The lowest BCUT2D eigenvalue weighted by molar-refractivity contribution is -0.274. The molecule has 3 rings (SSSR count). The monoisotopic (exact) mass is 386 g/mol. The molecule has 2 saturated heterocycles. The highest BCUT2D eigenvalue weighted by Crippen LogP contribution is 2.24. The number of nitrogens with zero attached hydrogens (tertiary/aromatic N) is 4. The number of piperazine rings is 1. The molecule has 0 aromatic carbocycles. The molecule has 1 unspecified atom stereocenters. The zero-order valence-corrected chi connectivity index (χ0v) is 15.4. The van der Waals surface area contributed by atoms with Crippen LogP contribution >= 0.6 is 0 Å². The molecular formula is C18H25F3N4O2. The van der Waals surface area contributed by atoms with Gasteiger partial charge in [0.2, 0.25) is 5.91 Å². The number of carbonyl (C=O) groups is 1. The van der Waals surface area contributed by atoms with Crippen LogP contribution in [0.5, 0.6) is 5.75 Å². The van der Waals surface area contributed by atoms with Crippen molar-refractivity contribution < 1.29 is 22.7 Å². The van der Waals surface area contributed by atoms with Gasteiger partial charge in [-0.15, -0.1) is 13.2 Å². The summed E-state index contributed by atoms with van der Waals surface area (Å²) in [6.07, 6.45) is -0.310. The van der Waals surface area contributed by atoms with Crippen molar-refractivity contribution in [1.82, 2.24) is 14.8 Å². The molecule has 0 N–H and O–H groups in total. The molecule has 9 heteroatoms. The fraction of sp³-hybridized carbons (Fsp3) is 0.667. The first-order chi connectivity index (χ1) is 12.8. The lowest BCUT2D eigenvalue weighted by Crippen LogP contribution is -2.52. The molecule has 6 nitrogen and oxygen atoms in total. The van der Waals surface area contributed by atoms with Gasteiger partial charge in [-0.05, 0) is 38.3 Å². The van der Waals surface area contributed by atoms with Crippen molar-refractivity contribution in [2.45, 2.75) is 38.6 Å². The molecule has 27 heavy (non-hydrogen) atoms.